The Morgan fingerprint density at radius 3 is 2.58 bits per heavy atom. The first-order valence-corrected chi connectivity index (χ1v) is 8.16. The molecule has 0 saturated heterocycles. The lowest BCUT2D eigenvalue weighted by Crippen LogP contribution is -2.23. The molecule has 0 amide bonds. The van der Waals surface area contributed by atoms with Crippen molar-refractivity contribution in [2.24, 2.45) is 0 Å². The van der Waals surface area contributed by atoms with E-state index in [1.54, 1.807) is 30.6 Å². The number of hydrogen-bond donors (Lipinski definition) is 0. The standard InChI is InChI=1S/C19H15N5O2/c25-17-7-6-16(22-24(17)13-10-14-4-2-1-3-5-14)19-21-18(23-26-19)15-8-11-20-12-9-15/h1-9,11-12H,10,13H2. The van der Waals surface area contributed by atoms with E-state index < -0.39 is 0 Å². The summed E-state index contributed by atoms with van der Waals surface area (Å²) in [7, 11) is 0. The maximum Gasteiger partial charge on any atom is 0.278 e. The zero-order chi connectivity index (χ0) is 17.8. The van der Waals surface area contributed by atoms with E-state index in [1.807, 2.05) is 30.3 Å². The van der Waals surface area contributed by atoms with Crippen LogP contribution >= 0.6 is 0 Å². The molecule has 4 aromatic rings. The van der Waals surface area contributed by atoms with E-state index in [-0.39, 0.29) is 11.4 Å². The van der Waals surface area contributed by atoms with Gasteiger partial charge in [0, 0.05) is 30.6 Å². The van der Waals surface area contributed by atoms with Crippen LogP contribution in [0.1, 0.15) is 5.56 Å². The molecule has 0 aliphatic carbocycles. The maximum atomic E-state index is 12.1. The first-order valence-electron chi connectivity index (χ1n) is 8.16. The summed E-state index contributed by atoms with van der Waals surface area (Å²) in [6, 6.07) is 16.6. The van der Waals surface area contributed by atoms with Gasteiger partial charge in [-0.15, -0.1) is 0 Å². The summed E-state index contributed by atoms with van der Waals surface area (Å²) in [5.74, 6) is 0.719. The number of pyridine rings is 1. The molecular formula is C19H15N5O2. The van der Waals surface area contributed by atoms with Crippen molar-refractivity contribution in [3.63, 3.8) is 0 Å². The van der Waals surface area contributed by atoms with Crippen molar-refractivity contribution < 1.29 is 4.52 Å². The monoisotopic (exact) mass is 345 g/mol. The molecule has 0 radical (unpaired) electrons. The van der Waals surface area contributed by atoms with Crippen molar-refractivity contribution in [2.75, 3.05) is 0 Å². The minimum absolute atomic E-state index is 0.168. The van der Waals surface area contributed by atoms with Crippen LogP contribution in [0, 0.1) is 0 Å². The Kier molecular flexibility index (Phi) is 4.34. The molecule has 7 nitrogen and oxygen atoms in total. The molecule has 0 aliphatic heterocycles. The Balaban J connectivity index is 1.58. The summed E-state index contributed by atoms with van der Waals surface area (Å²) in [6.45, 7) is 0.474. The molecule has 128 valence electrons. The molecule has 3 heterocycles. The van der Waals surface area contributed by atoms with Gasteiger partial charge in [0.15, 0.2) is 0 Å². The highest BCUT2D eigenvalue weighted by Gasteiger charge is 2.13. The van der Waals surface area contributed by atoms with Gasteiger partial charge in [-0.05, 0) is 30.2 Å². The second-order valence-corrected chi connectivity index (χ2v) is 5.67. The van der Waals surface area contributed by atoms with Crippen LogP contribution in [0.25, 0.3) is 23.0 Å². The van der Waals surface area contributed by atoms with E-state index in [0.29, 0.717) is 24.5 Å². The molecule has 0 aliphatic rings. The first-order chi connectivity index (χ1) is 12.8. The number of rotatable bonds is 5. The van der Waals surface area contributed by atoms with Gasteiger partial charge in [-0.1, -0.05) is 35.5 Å². The van der Waals surface area contributed by atoms with Gasteiger partial charge in [-0.3, -0.25) is 9.78 Å². The molecule has 4 rings (SSSR count). The third-order valence-corrected chi connectivity index (χ3v) is 3.91. The Bertz CT molecular complexity index is 1060. The molecule has 1 aromatic carbocycles. The third kappa shape index (κ3) is 3.41. The largest absolute Gasteiger partial charge is 0.332 e. The highest BCUT2D eigenvalue weighted by Crippen LogP contribution is 2.19. The van der Waals surface area contributed by atoms with Crippen LogP contribution in [-0.4, -0.2) is 24.9 Å². The summed E-state index contributed by atoms with van der Waals surface area (Å²) < 4.78 is 6.72. The van der Waals surface area contributed by atoms with Gasteiger partial charge < -0.3 is 4.52 Å². The normalized spacial score (nSPS) is 10.8. The molecule has 0 bridgehead atoms. The fraction of sp³-hybridized carbons (Fsp3) is 0.105. The molecule has 0 N–H and O–H groups in total. The van der Waals surface area contributed by atoms with Gasteiger partial charge in [0.2, 0.25) is 5.82 Å². The minimum atomic E-state index is -0.168. The predicted molar refractivity (Wildman–Crippen MR) is 95.2 cm³/mol. The van der Waals surface area contributed by atoms with Crippen molar-refractivity contribution in [3.05, 3.63) is 82.9 Å². The van der Waals surface area contributed by atoms with E-state index >= 15 is 0 Å². The summed E-state index contributed by atoms with van der Waals surface area (Å²) in [5, 5.41) is 8.33. The average molecular weight is 345 g/mol. The summed E-state index contributed by atoms with van der Waals surface area (Å²) in [5.41, 5.74) is 2.24. The lowest BCUT2D eigenvalue weighted by molar-refractivity contribution is 0.428. The summed E-state index contributed by atoms with van der Waals surface area (Å²) in [6.07, 6.45) is 4.03. The van der Waals surface area contributed by atoms with Crippen LogP contribution in [-0.2, 0) is 13.0 Å². The van der Waals surface area contributed by atoms with Gasteiger partial charge in [0.25, 0.3) is 11.4 Å². The second-order valence-electron chi connectivity index (χ2n) is 5.67. The molecule has 0 fully saturated rings. The fourth-order valence-electron chi connectivity index (χ4n) is 2.55. The van der Waals surface area contributed by atoms with Crippen molar-refractivity contribution in [2.45, 2.75) is 13.0 Å². The highest BCUT2D eigenvalue weighted by atomic mass is 16.5. The van der Waals surface area contributed by atoms with Crippen molar-refractivity contribution in [1.29, 1.82) is 0 Å². The van der Waals surface area contributed by atoms with E-state index in [9.17, 15) is 4.79 Å². The van der Waals surface area contributed by atoms with Crippen LogP contribution < -0.4 is 5.56 Å². The zero-order valence-electron chi connectivity index (χ0n) is 13.8. The van der Waals surface area contributed by atoms with Crippen molar-refractivity contribution in [1.82, 2.24) is 24.9 Å². The quantitative estimate of drug-likeness (QED) is 0.552. The Hall–Kier alpha value is -3.61. The Morgan fingerprint density at radius 1 is 0.962 bits per heavy atom. The number of benzene rings is 1. The van der Waals surface area contributed by atoms with Crippen LogP contribution in [0.3, 0.4) is 0 Å². The molecule has 7 heteroatoms. The predicted octanol–water partition coefficient (Wildman–Crippen LogP) is 2.60. The van der Waals surface area contributed by atoms with E-state index in [0.717, 1.165) is 11.1 Å². The number of hydrogen-bond acceptors (Lipinski definition) is 6. The van der Waals surface area contributed by atoms with E-state index in [4.69, 9.17) is 4.52 Å². The first kappa shape index (κ1) is 15.9. The van der Waals surface area contributed by atoms with Crippen LogP contribution in [0.5, 0.6) is 0 Å². The summed E-state index contributed by atoms with van der Waals surface area (Å²) in [4.78, 5) is 20.4. The Morgan fingerprint density at radius 2 is 1.77 bits per heavy atom. The molecule has 0 unspecified atom stereocenters. The van der Waals surface area contributed by atoms with Gasteiger partial charge in [-0.25, -0.2) is 4.68 Å². The third-order valence-electron chi connectivity index (χ3n) is 3.91. The number of nitrogens with zero attached hydrogens (tertiary/aromatic N) is 5. The fourth-order valence-corrected chi connectivity index (χ4v) is 2.55. The molecule has 0 saturated carbocycles. The lowest BCUT2D eigenvalue weighted by atomic mass is 10.1. The van der Waals surface area contributed by atoms with Crippen molar-refractivity contribution in [3.8, 4) is 23.0 Å². The second kappa shape index (κ2) is 7.10. The number of aromatic nitrogens is 5. The van der Waals surface area contributed by atoms with Gasteiger partial charge in [0.1, 0.15) is 5.69 Å². The SMILES string of the molecule is O=c1ccc(-c2nc(-c3ccncc3)no2)nn1CCc1ccccc1. The van der Waals surface area contributed by atoms with Gasteiger partial charge in [0.05, 0.1) is 0 Å². The van der Waals surface area contributed by atoms with E-state index in [2.05, 4.69) is 20.2 Å². The minimum Gasteiger partial charge on any atom is -0.332 e. The molecular weight excluding hydrogens is 330 g/mol. The lowest BCUT2D eigenvalue weighted by Gasteiger charge is -2.05. The highest BCUT2D eigenvalue weighted by molar-refractivity contribution is 5.56. The van der Waals surface area contributed by atoms with Crippen LogP contribution in [0.15, 0.2) is 76.3 Å². The molecule has 0 atom stereocenters. The summed E-state index contributed by atoms with van der Waals surface area (Å²) >= 11 is 0. The van der Waals surface area contributed by atoms with Gasteiger partial charge >= 0.3 is 0 Å². The zero-order valence-corrected chi connectivity index (χ0v) is 13.8. The van der Waals surface area contributed by atoms with E-state index in [1.165, 1.54) is 10.7 Å². The van der Waals surface area contributed by atoms with Crippen LogP contribution in [0.2, 0.25) is 0 Å². The topological polar surface area (TPSA) is 86.7 Å². The maximum absolute atomic E-state index is 12.1. The van der Waals surface area contributed by atoms with Crippen molar-refractivity contribution >= 4 is 0 Å². The number of aryl methyl sites for hydroxylation is 2. The smallest absolute Gasteiger partial charge is 0.278 e. The molecule has 3 aromatic heterocycles. The molecule has 26 heavy (non-hydrogen) atoms. The Labute approximate surface area is 149 Å². The molecule has 0 spiro atoms. The van der Waals surface area contributed by atoms with Gasteiger partial charge in [-0.2, -0.15) is 10.1 Å². The average Bonchev–Trinajstić information content (AvgIpc) is 3.19. The van der Waals surface area contributed by atoms with Crippen LogP contribution in [0.4, 0.5) is 0 Å².